The number of nitrogens with zero attached hydrogens (tertiary/aromatic N) is 4. The number of rotatable bonds is 21. The highest BCUT2D eigenvalue weighted by atomic mass is 35.5. The summed E-state index contributed by atoms with van der Waals surface area (Å²) in [5, 5.41) is 16.0. The van der Waals surface area contributed by atoms with Crippen molar-refractivity contribution in [2.45, 2.75) is 59.6 Å². The highest BCUT2D eigenvalue weighted by Gasteiger charge is 2.32. The van der Waals surface area contributed by atoms with E-state index in [1.165, 1.54) is 4.88 Å². The van der Waals surface area contributed by atoms with Crippen molar-refractivity contribution in [1.82, 2.24) is 25.4 Å². The number of carbonyl (C=O) groups is 2. The summed E-state index contributed by atoms with van der Waals surface area (Å²) in [4.78, 5) is 31.0. The molecule has 0 spiro atoms. The van der Waals surface area contributed by atoms with Gasteiger partial charge in [0.05, 0.1) is 78.2 Å². The molecule has 0 radical (unpaired) electrons. The second-order valence-electron chi connectivity index (χ2n) is 12.9. The highest BCUT2D eigenvalue weighted by molar-refractivity contribution is 7.15. The first kappa shape index (κ1) is 41.3. The number of benzene rings is 1. The molecule has 0 unspecified atom stereocenters. The van der Waals surface area contributed by atoms with E-state index in [0.717, 1.165) is 33.2 Å². The normalized spacial score (nSPS) is 14.0. The second-order valence-corrected chi connectivity index (χ2v) is 14.6. The summed E-state index contributed by atoms with van der Waals surface area (Å²) in [6, 6.07) is 7.07. The van der Waals surface area contributed by atoms with E-state index in [-0.39, 0.29) is 12.3 Å². The number of amides is 2. The monoisotopic (exact) mass is 762 g/mol. The van der Waals surface area contributed by atoms with Crippen molar-refractivity contribution in [1.29, 1.82) is 0 Å². The summed E-state index contributed by atoms with van der Waals surface area (Å²) < 4.78 is 34.7. The summed E-state index contributed by atoms with van der Waals surface area (Å²) >= 11 is 7.87. The van der Waals surface area contributed by atoms with Crippen LogP contribution in [-0.4, -0.2) is 117 Å². The number of alkyl carbamates (subject to hydrolysis) is 1. The maximum Gasteiger partial charge on any atom is 0.407 e. The van der Waals surface area contributed by atoms with Crippen molar-refractivity contribution >= 4 is 40.6 Å². The van der Waals surface area contributed by atoms with Crippen molar-refractivity contribution in [3.63, 3.8) is 0 Å². The fourth-order valence-corrected chi connectivity index (χ4v) is 6.50. The number of hydrogen-bond donors (Lipinski definition) is 2. The number of nitrogens with one attached hydrogen (secondary N) is 2. The van der Waals surface area contributed by atoms with Crippen LogP contribution in [0, 0.1) is 20.8 Å². The zero-order chi connectivity index (χ0) is 37.5. The first-order valence-corrected chi connectivity index (χ1v) is 18.6. The second kappa shape index (κ2) is 20.7. The van der Waals surface area contributed by atoms with Crippen molar-refractivity contribution in [2.24, 2.45) is 4.99 Å². The largest absolute Gasteiger partial charge is 0.444 e. The first-order chi connectivity index (χ1) is 24.9. The van der Waals surface area contributed by atoms with E-state index in [1.807, 2.05) is 56.5 Å². The lowest BCUT2D eigenvalue weighted by molar-refractivity contribution is -0.121. The van der Waals surface area contributed by atoms with Crippen LogP contribution in [0.4, 0.5) is 4.79 Å². The molecule has 2 aromatic heterocycles. The fraction of sp³-hybridized carbons (Fsp3) is 0.583. The van der Waals surface area contributed by atoms with Gasteiger partial charge in [0.2, 0.25) is 5.91 Å². The smallest absolute Gasteiger partial charge is 0.407 e. The van der Waals surface area contributed by atoms with Crippen molar-refractivity contribution in [3.05, 3.63) is 62.5 Å². The molecule has 286 valence electrons. The van der Waals surface area contributed by atoms with E-state index >= 15 is 0 Å². The number of hydrogen-bond acceptors (Lipinski definition) is 12. The first-order valence-electron chi connectivity index (χ1n) is 17.4. The number of aryl methyl sites for hydroxylation is 2. The molecule has 52 heavy (non-hydrogen) atoms. The van der Waals surface area contributed by atoms with Gasteiger partial charge in [-0.2, -0.15) is 0 Å². The van der Waals surface area contributed by atoms with Gasteiger partial charge < -0.3 is 39.1 Å². The van der Waals surface area contributed by atoms with Gasteiger partial charge in [-0.25, -0.2) is 4.79 Å². The third-order valence-corrected chi connectivity index (χ3v) is 9.15. The Hall–Kier alpha value is -3.44. The predicted molar refractivity (Wildman–Crippen MR) is 199 cm³/mol. The van der Waals surface area contributed by atoms with Gasteiger partial charge in [-0.3, -0.25) is 14.4 Å². The fourth-order valence-electron chi connectivity index (χ4n) is 5.16. The Kier molecular flexibility index (Phi) is 16.5. The van der Waals surface area contributed by atoms with Crippen LogP contribution in [0.2, 0.25) is 5.02 Å². The van der Waals surface area contributed by atoms with E-state index in [2.05, 4.69) is 34.7 Å². The third kappa shape index (κ3) is 12.9. The van der Waals surface area contributed by atoms with Crippen LogP contribution in [0.3, 0.4) is 0 Å². The highest BCUT2D eigenvalue weighted by Crippen LogP contribution is 2.39. The molecule has 2 N–H and O–H groups in total. The quantitative estimate of drug-likeness (QED) is 0.143. The number of aromatic nitrogens is 3. The minimum absolute atomic E-state index is 0.110. The standard InChI is InChI=1S/C36H51ClN6O8S/c1-24-25(2)52-34-31(24)32(27-7-9-28(37)10-8-27)40-29(33-42-41-26(3)43(33)34)23-30(44)38-11-13-46-15-17-48-19-21-50-22-20-49-18-16-47-14-12-39-35(45)51-36(4,5)6/h7-10,29H,11-23H2,1-6H3,(H,38,44)(H,39,45)/t29-/m0/s1. The maximum absolute atomic E-state index is 13.1. The third-order valence-electron chi connectivity index (χ3n) is 7.71. The molecule has 0 bridgehead atoms. The Labute approximate surface area is 314 Å². The van der Waals surface area contributed by atoms with Gasteiger partial charge >= 0.3 is 6.09 Å². The Morgan fingerprint density at radius 1 is 0.808 bits per heavy atom. The summed E-state index contributed by atoms with van der Waals surface area (Å²) in [5.74, 6) is 1.22. The molecule has 1 aromatic carbocycles. The molecule has 16 heteroatoms. The Morgan fingerprint density at radius 3 is 1.90 bits per heavy atom. The molecule has 2 amide bonds. The van der Waals surface area contributed by atoms with Gasteiger partial charge in [0.15, 0.2) is 5.82 Å². The summed E-state index contributed by atoms with van der Waals surface area (Å²) in [6.07, 6.45) is -0.352. The van der Waals surface area contributed by atoms with E-state index in [4.69, 9.17) is 45.0 Å². The lowest BCUT2D eigenvalue weighted by Gasteiger charge is -2.19. The minimum atomic E-state index is -0.533. The number of fused-ring (bicyclic) bond motifs is 3. The molecule has 14 nitrogen and oxygen atoms in total. The number of thiophene rings is 1. The average Bonchev–Trinajstić information content (AvgIpc) is 3.57. The number of halogens is 1. The molecule has 1 atom stereocenters. The number of carbonyl (C=O) groups excluding carboxylic acids is 2. The zero-order valence-corrected chi connectivity index (χ0v) is 32.5. The topological polar surface area (TPSA) is 157 Å². The Morgan fingerprint density at radius 2 is 1.35 bits per heavy atom. The van der Waals surface area contributed by atoms with Gasteiger partial charge in [0.25, 0.3) is 0 Å². The SMILES string of the molecule is Cc1sc2c(c1C)C(c1ccc(Cl)cc1)=N[C@@H](CC(=O)NCCOCCOCCOCCOCCOCCNC(=O)OC(C)(C)C)c1nnc(C)n1-2. The van der Waals surface area contributed by atoms with Crippen molar-refractivity contribution in [3.8, 4) is 5.00 Å². The van der Waals surface area contributed by atoms with Gasteiger partial charge in [0.1, 0.15) is 22.5 Å². The van der Waals surface area contributed by atoms with Crippen LogP contribution in [0.5, 0.6) is 0 Å². The Bertz CT molecular complexity index is 1620. The van der Waals surface area contributed by atoms with Crippen molar-refractivity contribution in [2.75, 3.05) is 79.2 Å². The maximum atomic E-state index is 13.1. The van der Waals surface area contributed by atoms with Crippen LogP contribution in [0.15, 0.2) is 29.3 Å². The molecule has 3 heterocycles. The van der Waals surface area contributed by atoms with E-state index in [9.17, 15) is 9.59 Å². The lowest BCUT2D eigenvalue weighted by atomic mass is 9.99. The Balaban J connectivity index is 1.06. The van der Waals surface area contributed by atoms with Gasteiger partial charge in [0, 0.05) is 34.1 Å². The molecule has 0 fully saturated rings. The van der Waals surface area contributed by atoms with Crippen LogP contribution in [0.1, 0.15) is 66.5 Å². The van der Waals surface area contributed by atoms with Crippen LogP contribution in [-0.2, 0) is 33.2 Å². The summed E-state index contributed by atoms with van der Waals surface area (Å²) in [7, 11) is 0. The molecule has 0 saturated carbocycles. The minimum Gasteiger partial charge on any atom is -0.444 e. The molecule has 0 aliphatic carbocycles. The predicted octanol–water partition coefficient (Wildman–Crippen LogP) is 4.91. The van der Waals surface area contributed by atoms with Crippen molar-refractivity contribution < 1.29 is 38.0 Å². The summed E-state index contributed by atoms with van der Waals surface area (Å²) in [5.41, 5.74) is 3.37. The van der Waals surface area contributed by atoms with Gasteiger partial charge in [-0.1, -0.05) is 23.7 Å². The number of ether oxygens (including phenoxy) is 6. The molecule has 1 aliphatic heterocycles. The van der Waals surface area contributed by atoms with E-state index in [0.29, 0.717) is 90.0 Å². The molecular formula is C36H51ClN6O8S. The van der Waals surface area contributed by atoms with Gasteiger partial charge in [-0.05, 0) is 59.2 Å². The average molecular weight is 763 g/mol. The molecular weight excluding hydrogens is 712 g/mol. The zero-order valence-electron chi connectivity index (χ0n) is 30.9. The van der Waals surface area contributed by atoms with Crippen LogP contribution in [0.25, 0.3) is 5.00 Å². The van der Waals surface area contributed by atoms with E-state index in [1.54, 1.807) is 11.3 Å². The molecule has 4 rings (SSSR count). The molecule has 1 aliphatic rings. The number of aliphatic imine (C=N–C) groups is 1. The molecule has 3 aromatic rings. The van der Waals surface area contributed by atoms with Crippen LogP contribution < -0.4 is 10.6 Å². The van der Waals surface area contributed by atoms with Crippen LogP contribution >= 0.6 is 22.9 Å². The summed E-state index contributed by atoms with van der Waals surface area (Å²) in [6.45, 7) is 16.4. The van der Waals surface area contributed by atoms with Gasteiger partial charge in [-0.15, -0.1) is 21.5 Å². The van der Waals surface area contributed by atoms with E-state index < -0.39 is 17.7 Å². The molecule has 0 saturated heterocycles. The lowest BCUT2D eigenvalue weighted by Crippen LogP contribution is -2.34.